The molecule has 1 aromatic carbocycles. The molecule has 1 N–H and O–H groups in total. The summed E-state index contributed by atoms with van der Waals surface area (Å²) in [6, 6.07) is 6.61. The van der Waals surface area contributed by atoms with E-state index in [4.69, 9.17) is 0 Å². The molecule has 19 heavy (non-hydrogen) atoms. The summed E-state index contributed by atoms with van der Waals surface area (Å²) in [5.41, 5.74) is 3.76. The van der Waals surface area contributed by atoms with Crippen LogP contribution in [-0.2, 0) is 0 Å². The molecule has 1 fully saturated rings. The molecule has 0 saturated heterocycles. The van der Waals surface area contributed by atoms with Crippen LogP contribution in [0.5, 0.6) is 0 Å². The van der Waals surface area contributed by atoms with Crippen molar-refractivity contribution in [1.82, 2.24) is 0 Å². The van der Waals surface area contributed by atoms with Crippen LogP contribution in [0.4, 0.5) is 0 Å². The summed E-state index contributed by atoms with van der Waals surface area (Å²) in [5, 5.41) is 20.4. The molecule has 1 saturated carbocycles. The Morgan fingerprint density at radius 2 is 1.89 bits per heavy atom. The number of benzene rings is 1. The maximum Gasteiger partial charge on any atom is 0.0981 e. The summed E-state index contributed by atoms with van der Waals surface area (Å²) in [4.78, 5) is 0. The van der Waals surface area contributed by atoms with Crippen LogP contribution >= 0.6 is 0 Å². The Labute approximate surface area is 116 Å². The van der Waals surface area contributed by atoms with Crippen LogP contribution in [0.25, 0.3) is 0 Å². The van der Waals surface area contributed by atoms with Crippen LogP contribution in [0.3, 0.4) is 0 Å². The van der Waals surface area contributed by atoms with Gasteiger partial charge >= 0.3 is 0 Å². The van der Waals surface area contributed by atoms with Gasteiger partial charge in [0.2, 0.25) is 0 Å². The van der Waals surface area contributed by atoms with Crippen molar-refractivity contribution in [3.05, 3.63) is 34.4 Å². The van der Waals surface area contributed by atoms with E-state index in [0.717, 1.165) is 36.0 Å². The van der Waals surface area contributed by atoms with E-state index in [0.29, 0.717) is 5.92 Å². The molecular formula is C17H23NO. The minimum atomic E-state index is -0.664. The summed E-state index contributed by atoms with van der Waals surface area (Å²) in [6.07, 6.45) is 1.98. The Morgan fingerprint density at radius 1 is 1.32 bits per heavy atom. The molecule has 0 radical (unpaired) electrons. The lowest BCUT2D eigenvalue weighted by Crippen LogP contribution is -2.26. The maximum absolute atomic E-state index is 10.8. The smallest absolute Gasteiger partial charge is 0.0981 e. The Balaban J connectivity index is 2.45. The van der Waals surface area contributed by atoms with Crippen molar-refractivity contribution >= 4 is 0 Å². The highest BCUT2D eigenvalue weighted by Crippen LogP contribution is 2.50. The van der Waals surface area contributed by atoms with Gasteiger partial charge in [-0.3, -0.25) is 0 Å². The van der Waals surface area contributed by atoms with Crippen molar-refractivity contribution in [2.24, 2.45) is 11.3 Å². The molecule has 0 heterocycles. The zero-order chi connectivity index (χ0) is 14.2. The van der Waals surface area contributed by atoms with Gasteiger partial charge < -0.3 is 5.11 Å². The molecule has 0 amide bonds. The standard InChI is InChI=1S/C17H23NO/c1-11-5-6-17(9-11,10-18)16(19)15-13(3)7-12(2)8-14(15)4/h7-8,11,16,19H,5-6,9H2,1-4H3. The van der Waals surface area contributed by atoms with E-state index >= 15 is 0 Å². The average molecular weight is 257 g/mol. The molecule has 2 rings (SSSR count). The van der Waals surface area contributed by atoms with Crippen LogP contribution in [0.2, 0.25) is 0 Å². The molecular weight excluding hydrogens is 234 g/mol. The topological polar surface area (TPSA) is 44.0 Å². The van der Waals surface area contributed by atoms with Gasteiger partial charge in [0, 0.05) is 0 Å². The third-order valence-electron chi connectivity index (χ3n) is 4.55. The van der Waals surface area contributed by atoms with Gasteiger partial charge in [0.05, 0.1) is 17.6 Å². The molecule has 3 atom stereocenters. The Kier molecular flexibility index (Phi) is 3.69. The predicted molar refractivity (Wildman–Crippen MR) is 76.7 cm³/mol. The summed E-state index contributed by atoms with van der Waals surface area (Å²) >= 11 is 0. The van der Waals surface area contributed by atoms with Crippen molar-refractivity contribution in [2.45, 2.75) is 53.1 Å². The maximum atomic E-state index is 10.8. The SMILES string of the molecule is Cc1cc(C)c(C(O)C2(C#N)CCC(C)C2)c(C)c1. The number of aryl methyl sites for hydroxylation is 3. The van der Waals surface area contributed by atoms with Gasteiger partial charge in [0.1, 0.15) is 0 Å². The first kappa shape index (κ1) is 14.1. The number of hydrogen-bond acceptors (Lipinski definition) is 2. The van der Waals surface area contributed by atoms with Gasteiger partial charge in [0.15, 0.2) is 0 Å². The highest BCUT2D eigenvalue weighted by Gasteiger charge is 2.45. The number of rotatable bonds is 2. The zero-order valence-corrected chi connectivity index (χ0v) is 12.3. The summed E-state index contributed by atoms with van der Waals surface area (Å²) in [6.45, 7) is 8.29. The van der Waals surface area contributed by atoms with Gasteiger partial charge in [-0.15, -0.1) is 0 Å². The van der Waals surface area contributed by atoms with E-state index < -0.39 is 11.5 Å². The normalized spacial score (nSPS) is 28.1. The van der Waals surface area contributed by atoms with E-state index in [1.807, 2.05) is 13.8 Å². The number of aliphatic hydroxyl groups excluding tert-OH is 1. The molecule has 0 aliphatic heterocycles. The van der Waals surface area contributed by atoms with Crippen LogP contribution in [0.15, 0.2) is 12.1 Å². The summed E-state index contributed by atoms with van der Waals surface area (Å²) in [7, 11) is 0. The molecule has 0 bridgehead atoms. The Morgan fingerprint density at radius 3 is 2.32 bits per heavy atom. The molecule has 1 aliphatic rings. The fraction of sp³-hybridized carbons (Fsp3) is 0.588. The third kappa shape index (κ3) is 2.40. The number of aliphatic hydroxyl groups is 1. The fourth-order valence-electron chi connectivity index (χ4n) is 3.64. The first-order valence-electron chi connectivity index (χ1n) is 7.06. The number of nitriles is 1. The lowest BCUT2D eigenvalue weighted by atomic mass is 9.75. The molecule has 3 unspecified atom stereocenters. The van der Waals surface area contributed by atoms with E-state index in [2.05, 4.69) is 32.0 Å². The zero-order valence-electron chi connectivity index (χ0n) is 12.3. The van der Waals surface area contributed by atoms with Crippen molar-refractivity contribution < 1.29 is 5.11 Å². The van der Waals surface area contributed by atoms with E-state index in [9.17, 15) is 10.4 Å². The molecule has 1 aliphatic carbocycles. The lowest BCUT2D eigenvalue weighted by Gasteiger charge is -2.30. The summed E-state index contributed by atoms with van der Waals surface area (Å²) < 4.78 is 0. The van der Waals surface area contributed by atoms with Crippen LogP contribution in [0.1, 0.15) is 54.5 Å². The largest absolute Gasteiger partial charge is 0.387 e. The highest BCUT2D eigenvalue weighted by molar-refractivity contribution is 5.41. The second-order valence-corrected chi connectivity index (χ2v) is 6.33. The third-order valence-corrected chi connectivity index (χ3v) is 4.55. The van der Waals surface area contributed by atoms with Crippen molar-refractivity contribution in [2.75, 3.05) is 0 Å². The minimum absolute atomic E-state index is 0.528. The van der Waals surface area contributed by atoms with Crippen molar-refractivity contribution in [3.63, 3.8) is 0 Å². The van der Waals surface area contributed by atoms with Crippen LogP contribution in [0, 0.1) is 43.4 Å². The second-order valence-electron chi connectivity index (χ2n) is 6.33. The van der Waals surface area contributed by atoms with Gasteiger partial charge in [-0.2, -0.15) is 5.26 Å². The quantitative estimate of drug-likeness (QED) is 0.871. The number of nitrogens with zero attached hydrogens (tertiary/aromatic N) is 1. The lowest BCUT2D eigenvalue weighted by molar-refractivity contribution is 0.0636. The van der Waals surface area contributed by atoms with Crippen LogP contribution in [-0.4, -0.2) is 5.11 Å². The molecule has 2 nitrogen and oxygen atoms in total. The molecule has 0 spiro atoms. The fourth-order valence-corrected chi connectivity index (χ4v) is 3.64. The van der Waals surface area contributed by atoms with Crippen molar-refractivity contribution in [1.29, 1.82) is 5.26 Å². The Hall–Kier alpha value is -1.33. The van der Waals surface area contributed by atoms with E-state index in [1.54, 1.807) is 0 Å². The predicted octanol–water partition coefficient (Wildman–Crippen LogP) is 3.98. The summed E-state index contributed by atoms with van der Waals surface area (Å²) in [5.74, 6) is 0.528. The minimum Gasteiger partial charge on any atom is -0.387 e. The first-order valence-corrected chi connectivity index (χ1v) is 7.06. The van der Waals surface area contributed by atoms with Gasteiger partial charge in [-0.1, -0.05) is 24.6 Å². The molecule has 102 valence electrons. The van der Waals surface area contributed by atoms with Gasteiger partial charge in [-0.05, 0) is 62.6 Å². The first-order chi connectivity index (χ1) is 8.89. The van der Waals surface area contributed by atoms with E-state index in [-0.39, 0.29) is 0 Å². The molecule has 0 aromatic heterocycles. The highest BCUT2D eigenvalue weighted by atomic mass is 16.3. The Bertz CT molecular complexity index is 506. The molecule has 2 heteroatoms. The monoisotopic (exact) mass is 257 g/mol. The average Bonchev–Trinajstić information content (AvgIpc) is 2.70. The van der Waals surface area contributed by atoms with Gasteiger partial charge in [0.25, 0.3) is 0 Å². The van der Waals surface area contributed by atoms with Crippen LogP contribution < -0.4 is 0 Å². The molecule has 1 aromatic rings. The van der Waals surface area contributed by atoms with Crippen molar-refractivity contribution in [3.8, 4) is 6.07 Å². The number of hydrogen-bond donors (Lipinski definition) is 1. The van der Waals surface area contributed by atoms with E-state index in [1.165, 1.54) is 5.56 Å². The van der Waals surface area contributed by atoms with Gasteiger partial charge in [-0.25, -0.2) is 0 Å². The second kappa shape index (κ2) is 4.98.